The van der Waals surface area contributed by atoms with Crippen LogP contribution < -0.4 is 15.6 Å². The summed E-state index contributed by atoms with van der Waals surface area (Å²) in [5.41, 5.74) is 7.36. The third kappa shape index (κ3) is 8.35. The highest BCUT2D eigenvalue weighted by molar-refractivity contribution is 8.13. The van der Waals surface area contributed by atoms with Gasteiger partial charge >= 0.3 is 0 Å². The fourth-order valence-corrected chi connectivity index (χ4v) is 6.30. The number of nitrogens with zero attached hydrogens (tertiary/aromatic N) is 4. The van der Waals surface area contributed by atoms with Crippen molar-refractivity contribution in [2.45, 2.75) is 53.0 Å². The maximum atomic E-state index is 12.3. The summed E-state index contributed by atoms with van der Waals surface area (Å²) in [6.45, 7) is 8.89. The van der Waals surface area contributed by atoms with Crippen LogP contribution in [0.4, 0.5) is 5.95 Å². The van der Waals surface area contributed by atoms with E-state index in [0.717, 1.165) is 23.7 Å². The number of aliphatic hydroxyl groups is 1. The number of anilines is 1. The molecule has 224 valence electrons. The molecule has 0 spiro atoms. The number of imidazole rings is 1. The van der Waals surface area contributed by atoms with E-state index < -0.39 is 13.9 Å². The molecule has 1 aliphatic heterocycles. The molecule has 4 unspecified atom stereocenters. The first-order chi connectivity index (χ1) is 19.7. The van der Waals surface area contributed by atoms with E-state index in [1.807, 2.05) is 41.8 Å². The summed E-state index contributed by atoms with van der Waals surface area (Å²) < 4.78 is 26.1. The molecule has 1 saturated heterocycles. The molecule has 3 aromatic rings. The van der Waals surface area contributed by atoms with E-state index in [2.05, 4.69) is 27.0 Å². The van der Waals surface area contributed by atoms with E-state index in [4.69, 9.17) is 24.3 Å². The van der Waals surface area contributed by atoms with E-state index >= 15 is 0 Å². The topological polar surface area (TPSA) is 156 Å². The summed E-state index contributed by atoms with van der Waals surface area (Å²) in [4.78, 5) is 25.3. The number of hydrogen-bond donors (Lipinski definition) is 3. The predicted molar refractivity (Wildman–Crippen MR) is 159 cm³/mol. The summed E-state index contributed by atoms with van der Waals surface area (Å²) in [5, 5.41) is 12.7. The Morgan fingerprint density at radius 3 is 2.80 bits per heavy atom. The van der Waals surface area contributed by atoms with Gasteiger partial charge in [0, 0.05) is 18.2 Å². The molecule has 4 N–H and O–H groups in total. The number of carbonyl (C=O) groups excluding carboxylic acids is 1. The van der Waals surface area contributed by atoms with Crippen molar-refractivity contribution >= 4 is 42.5 Å². The van der Waals surface area contributed by atoms with E-state index in [-0.39, 0.29) is 35.9 Å². The summed E-state index contributed by atoms with van der Waals surface area (Å²) in [6, 6.07) is 9.99. The maximum absolute atomic E-state index is 12.3. The van der Waals surface area contributed by atoms with Crippen LogP contribution in [0.25, 0.3) is 11.2 Å². The minimum Gasteiger partial charge on any atom is -0.476 e. The lowest BCUT2D eigenvalue weighted by Crippen LogP contribution is -2.26. The van der Waals surface area contributed by atoms with E-state index in [1.165, 1.54) is 0 Å². The molecule has 4 atom stereocenters. The average Bonchev–Trinajstić information content (AvgIpc) is 3.55. The SMILES string of the molecule is CCOc1nc(N)nc2c1ncn2C1OC(COP(NCc2ccccc2)OCCSC(=O)C(C)(C)CO)CC1C. The molecule has 0 aliphatic carbocycles. The van der Waals surface area contributed by atoms with E-state index in [0.29, 0.717) is 49.2 Å². The Bertz CT molecular complexity index is 1280. The maximum Gasteiger partial charge on any atom is 0.256 e. The second-order valence-electron chi connectivity index (χ2n) is 10.4. The first kappa shape index (κ1) is 31.6. The molecule has 1 aliphatic rings. The van der Waals surface area contributed by atoms with Gasteiger partial charge in [-0.2, -0.15) is 9.97 Å². The van der Waals surface area contributed by atoms with Gasteiger partial charge < -0.3 is 29.4 Å². The normalized spacial score (nSPS) is 20.0. The van der Waals surface area contributed by atoms with Crippen molar-refractivity contribution in [2.75, 3.05) is 37.9 Å². The lowest BCUT2D eigenvalue weighted by molar-refractivity contribution is -0.119. The van der Waals surface area contributed by atoms with Gasteiger partial charge in [0.05, 0.1) is 44.3 Å². The first-order valence-corrected chi connectivity index (χ1v) is 15.8. The van der Waals surface area contributed by atoms with Gasteiger partial charge in [-0.25, -0.2) is 10.1 Å². The number of nitrogens with one attached hydrogen (secondary N) is 1. The highest BCUT2D eigenvalue weighted by Crippen LogP contribution is 2.40. The second kappa shape index (κ2) is 14.7. The van der Waals surface area contributed by atoms with Gasteiger partial charge in [0.15, 0.2) is 16.3 Å². The van der Waals surface area contributed by atoms with Crippen molar-refractivity contribution in [1.29, 1.82) is 0 Å². The number of fused-ring (bicyclic) bond motifs is 1. The van der Waals surface area contributed by atoms with Crippen molar-refractivity contribution in [1.82, 2.24) is 24.6 Å². The lowest BCUT2D eigenvalue weighted by atomic mass is 9.97. The van der Waals surface area contributed by atoms with Crippen LogP contribution in [-0.4, -0.2) is 68.0 Å². The van der Waals surface area contributed by atoms with E-state index in [9.17, 15) is 9.90 Å². The fraction of sp³-hybridized carbons (Fsp3) is 0.556. The Labute approximate surface area is 245 Å². The Morgan fingerprint density at radius 2 is 2.07 bits per heavy atom. The van der Waals surface area contributed by atoms with Crippen LogP contribution >= 0.6 is 20.3 Å². The minimum absolute atomic E-state index is 0.0714. The molecule has 14 heteroatoms. The molecule has 0 amide bonds. The van der Waals surface area contributed by atoms with Crippen LogP contribution in [-0.2, 0) is 25.1 Å². The van der Waals surface area contributed by atoms with Crippen LogP contribution in [0.3, 0.4) is 0 Å². The number of aromatic nitrogens is 4. The first-order valence-electron chi connectivity index (χ1n) is 13.6. The molecule has 41 heavy (non-hydrogen) atoms. The number of carbonyl (C=O) groups is 1. The number of ether oxygens (including phenoxy) is 2. The molecule has 0 saturated carbocycles. The van der Waals surface area contributed by atoms with Gasteiger partial charge in [0.25, 0.3) is 8.53 Å². The van der Waals surface area contributed by atoms with Gasteiger partial charge in [-0.15, -0.1) is 0 Å². The van der Waals surface area contributed by atoms with Crippen LogP contribution in [0.2, 0.25) is 0 Å². The van der Waals surface area contributed by atoms with Gasteiger partial charge in [0.1, 0.15) is 6.23 Å². The zero-order valence-electron chi connectivity index (χ0n) is 23.9. The lowest BCUT2D eigenvalue weighted by Gasteiger charge is -2.22. The monoisotopic (exact) mass is 606 g/mol. The van der Waals surface area contributed by atoms with Gasteiger partial charge in [0.2, 0.25) is 11.8 Å². The number of thioether (sulfide) groups is 1. The van der Waals surface area contributed by atoms with Crippen molar-refractivity contribution in [3.63, 3.8) is 0 Å². The third-order valence-corrected chi connectivity index (χ3v) is 8.92. The average molecular weight is 607 g/mol. The van der Waals surface area contributed by atoms with E-state index in [1.54, 1.807) is 20.2 Å². The minimum atomic E-state index is -1.45. The zero-order valence-corrected chi connectivity index (χ0v) is 25.6. The van der Waals surface area contributed by atoms with Crippen molar-refractivity contribution < 1.29 is 28.4 Å². The van der Waals surface area contributed by atoms with Crippen molar-refractivity contribution in [3.8, 4) is 5.88 Å². The largest absolute Gasteiger partial charge is 0.476 e. The van der Waals surface area contributed by atoms with Gasteiger partial charge in [-0.3, -0.25) is 9.36 Å². The smallest absolute Gasteiger partial charge is 0.256 e. The number of hydrogen-bond acceptors (Lipinski definition) is 12. The van der Waals surface area contributed by atoms with Crippen LogP contribution in [0.1, 0.15) is 45.9 Å². The number of nitrogens with two attached hydrogens (primary N) is 1. The molecule has 4 rings (SSSR count). The second-order valence-corrected chi connectivity index (χ2v) is 12.8. The van der Waals surface area contributed by atoms with Crippen LogP contribution in [0.15, 0.2) is 36.7 Å². The quantitative estimate of drug-likeness (QED) is 0.169. The Kier molecular flexibility index (Phi) is 11.3. The highest BCUT2D eigenvalue weighted by atomic mass is 32.2. The summed E-state index contributed by atoms with van der Waals surface area (Å²) >= 11 is 1.15. The number of rotatable bonds is 15. The highest BCUT2D eigenvalue weighted by Gasteiger charge is 2.36. The molecule has 0 radical (unpaired) electrons. The molecule has 1 aromatic carbocycles. The molecule has 0 bridgehead atoms. The van der Waals surface area contributed by atoms with Crippen molar-refractivity contribution in [2.24, 2.45) is 11.3 Å². The molecule has 3 heterocycles. The van der Waals surface area contributed by atoms with Gasteiger partial charge in [-0.05, 0) is 32.8 Å². The summed E-state index contributed by atoms with van der Waals surface area (Å²) in [5.74, 6) is 1.08. The number of nitrogen functional groups attached to an aromatic ring is 1. The zero-order chi connectivity index (χ0) is 29.4. The molecular formula is C27H39N6O6PS. The summed E-state index contributed by atoms with van der Waals surface area (Å²) in [7, 11) is -1.45. The van der Waals surface area contributed by atoms with Crippen LogP contribution in [0, 0.1) is 11.3 Å². The third-order valence-electron chi connectivity index (χ3n) is 6.52. The Morgan fingerprint density at radius 1 is 1.29 bits per heavy atom. The van der Waals surface area contributed by atoms with Crippen LogP contribution in [0.5, 0.6) is 5.88 Å². The number of aliphatic hydroxyl groups excluding tert-OH is 1. The van der Waals surface area contributed by atoms with Crippen molar-refractivity contribution in [3.05, 3.63) is 42.2 Å². The summed E-state index contributed by atoms with van der Waals surface area (Å²) in [6.07, 6.45) is 1.97. The fourth-order valence-electron chi connectivity index (χ4n) is 4.24. The molecular weight excluding hydrogens is 567 g/mol. The predicted octanol–water partition coefficient (Wildman–Crippen LogP) is 4.06. The molecule has 1 fully saturated rings. The standard InChI is InChI=1S/C27H39N6O6PS/c1-5-36-23-21-22(31-26(28)32-23)33(17-29-21)24-18(2)13-20(39-24)15-38-40(30-14-19-9-7-6-8-10-19)37-11-12-41-25(35)27(3,4)16-34/h6-10,17-18,20,24,30,34H,5,11-16H2,1-4H3,(H2,28,31,32). The Hall–Kier alpha value is -2.38. The number of benzene rings is 1. The Balaban J connectivity index is 1.36. The molecule has 2 aromatic heterocycles. The van der Waals surface area contributed by atoms with Gasteiger partial charge in [-0.1, -0.05) is 49.0 Å². The molecule has 12 nitrogen and oxygen atoms in total.